The average molecular weight is 185 g/mol. The first-order valence-electron chi connectivity index (χ1n) is 3.05. The lowest BCUT2D eigenvalue weighted by atomic mass is 10.5. The molecular formula is C7H5ClN2O2. The molecule has 2 aromatic rings. The highest BCUT2D eigenvalue weighted by Crippen LogP contribution is 2.08. The maximum atomic E-state index is 8.57. The summed E-state index contributed by atoms with van der Waals surface area (Å²) in [7, 11) is 0. The molecule has 0 aliphatic heterocycles. The number of aromatic nitrogens is 2. The van der Waals surface area contributed by atoms with E-state index < -0.39 is 0 Å². The fourth-order valence-electron chi connectivity index (χ4n) is 0.714. The standard InChI is InChI=1S/C6H4N2O.CHClO/c1-2-9-6-3-7-4-8-5(1)6;2-1-3/h1-4H;1H. The molecule has 2 rings (SSSR count). The highest BCUT2D eigenvalue weighted by atomic mass is 35.5. The van der Waals surface area contributed by atoms with Gasteiger partial charge in [0, 0.05) is 6.07 Å². The van der Waals surface area contributed by atoms with E-state index in [0.717, 1.165) is 11.1 Å². The Morgan fingerprint density at radius 2 is 2.33 bits per heavy atom. The third-order valence-electron chi connectivity index (χ3n) is 1.13. The molecule has 0 N–H and O–H groups in total. The largest absolute Gasteiger partial charge is 0.461 e. The van der Waals surface area contributed by atoms with Gasteiger partial charge in [0.1, 0.15) is 11.8 Å². The van der Waals surface area contributed by atoms with Crippen LogP contribution in [0.1, 0.15) is 0 Å². The smallest absolute Gasteiger partial charge is 0.208 e. The van der Waals surface area contributed by atoms with Crippen LogP contribution < -0.4 is 0 Å². The molecule has 0 radical (unpaired) electrons. The van der Waals surface area contributed by atoms with Crippen LogP contribution in [0, 0.1) is 0 Å². The summed E-state index contributed by atoms with van der Waals surface area (Å²) in [6.45, 7) is 0. The average Bonchev–Trinajstić information content (AvgIpc) is 2.52. The van der Waals surface area contributed by atoms with Crippen molar-refractivity contribution in [3.8, 4) is 0 Å². The third-order valence-corrected chi connectivity index (χ3v) is 1.13. The van der Waals surface area contributed by atoms with E-state index in [9.17, 15) is 0 Å². The highest BCUT2D eigenvalue weighted by Gasteiger charge is 1.92. The molecular weight excluding hydrogens is 180 g/mol. The van der Waals surface area contributed by atoms with Crippen LogP contribution in [-0.4, -0.2) is 15.7 Å². The Kier molecular flexibility index (Phi) is 3.22. The summed E-state index contributed by atoms with van der Waals surface area (Å²) in [5.74, 6) is 0.222. The van der Waals surface area contributed by atoms with Gasteiger partial charge in [-0.1, -0.05) is 0 Å². The summed E-state index contributed by atoms with van der Waals surface area (Å²) in [4.78, 5) is 16.3. The molecule has 5 heteroatoms. The minimum atomic E-state index is 0.222. The molecule has 2 aromatic heterocycles. The van der Waals surface area contributed by atoms with Gasteiger partial charge in [-0.25, -0.2) is 9.97 Å². The van der Waals surface area contributed by atoms with E-state index in [1.165, 1.54) is 6.33 Å². The number of furan rings is 1. The van der Waals surface area contributed by atoms with Crippen LogP contribution in [0.3, 0.4) is 0 Å². The number of hydrogen-bond acceptors (Lipinski definition) is 4. The van der Waals surface area contributed by atoms with Crippen LogP contribution in [-0.2, 0) is 4.79 Å². The number of carbonyl (C=O) groups excluding carboxylic acids is 1. The third kappa shape index (κ3) is 2.03. The first kappa shape index (κ1) is 8.67. The molecule has 0 fully saturated rings. The van der Waals surface area contributed by atoms with Crippen LogP contribution in [0.15, 0.2) is 29.3 Å². The summed E-state index contributed by atoms with van der Waals surface area (Å²) >= 11 is 4.32. The van der Waals surface area contributed by atoms with E-state index in [-0.39, 0.29) is 5.75 Å². The molecule has 4 nitrogen and oxygen atoms in total. The van der Waals surface area contributed by atoms with E-state index in [1.54, 1.807) is 18.5 Å². The van der Waals surface area contributed by atoms with Crippen molar-refractivity contribution in [3.05, 3.63) is 24.9 Å². The molecule has 0 unspecified atom stereocenters. The Morgan fingerprint density at radius 3 is 3.00 bits per heavy atom. The van der Waals surface area contributed by atoms with Crippen LogP contribution in [0.2, 0.25) is 0 Å². The summed E-state index contributed by atoms with van der Waals surface area (Å²) < 4.78 is 4.99. The molecule has 0 saturated carbocycles. The maximum absolute atomic E-state index is 8.57. The molecule has 0 spiro atoms. The molecule has 12 heavy (non-hydrogen) atoms. The van der Waals surface area contributed by atoms with Crippen LogP contribution in [0.5, 0.6) is 0 Å². The first-order chi connectivity index (χ1) is 5.88. The van der Waals surface area contributed by atoms with E-state index in [4.69, 9.17) is 9.21 Å². The first-order valence-corrected chi connectivity index (χ1v) is 3.49. The van der Waals surface area contributed by atoms with Crippen LogP contribution >= 0.6 is 11.6 Å². The van der Waals surface area contributed by atoms with Crippen molar-refractivity contribution < 1.29 is 9.21 Å². The SMILES string of the molecule is O=CCl.c1ncc2occc2n1. The normalized spacial score (nSPS) is 8.75. The van der Waals surface area contributed by atoms with Crippen LogP contribution in [0.25, 0.3) is 11.1 Å². The minimum absolute atomic E-state index is 0.222. The van der Waals surface area contributed by atoms with Gasteiger partial charge in [0.15, 0.2) is 5.58 Å². The van der Waals surface area contributed by atoms with Gasteiger partial charge in [-0.15, -0.1) is 0 Å². The molecule has 0 atom stereocenters. The van der Waals surface area contributed by atoms with Gasteiger partial charge in [-0.05, 0) is 11.6 Å². The summed E-state index contributed by atoms with van der Waals surface area (Å²) in [6.07, 6.45) is 4.74. The monoisotopic (exact) mass is 184 g/mol. The van der Waals surface area contributed by atoms with E-state index in [1.807, 2.05) is 0 Å². The van der Waals surface area contributed by atoms with Gasteiger partial charge in [0.05, 0.1) is 12.5 Å². The zero-order valence-electron chi connectivity index (χ0n) is 5.98. The van der Waals surface area contributed by atoms with Gasteiger partial charge in [0.2, 0.25) is 5.75 Å². The molecule has 2 heterocycles. The van der Waals surface area contributed by atoms with E-state index in [0.29, 0.717) is 0 Å². The van der Waals surface area contributed by atoms with Crippen molar-refractivity contribution >= 4 is 28.4 Å². The fourth-order valence-corrected chi connectivity index (χ4v) is 0.714. The topological polar surface area (TPSA) is 56.0 Å². The number of fused-ring (bicyclic) bond motifs is 1. The number of nitrogens with zero attached hydrogens (tertiary/aromatic N) is 2. The van der Waals surface area contributed by atoms with Crippen molar-refractivity contribution in [2.75, 3.05) is 0 Å². The lowest BCUT2D eigenvalue weighted by Crippen LogP contribution is -1.72. The van der Waals surface area contributed by atoms with Crippen molar-refractivity contribution in [1.29, 1.82) is 0 Å². The Morgan fingerprint density at radius 1 is 1.58 bits per heavy atom. The summed E-state index contributed by atoms with van der Waals surface area (Å²) in [6, 6.07) is 1.80. The summed E-state index contributed by atoms with van der Waals surface area (Å²) in [5.41, 5.74) is 1.59. The highest BCUT2D eigenvalue weighted by molar-refractivity contribution is 6.54. The van der Waals surface area contributed by atoms with Crippen molar-refractivity contribution in [3.63, 3.8) is 0 Å². The maximum Gasteiger partial charge on any atom is 0.208 e. The van der Waals surface area contributed by atoms with Gasteiger partial charge in [0.25, 0.3) is 0 Å². The molecule has 0 amide bonds. The second kappa shape index (κ2) is 4.46. The second-order valence-electron chi connectivity index (χ2n) is 1.78. The Hall–Kier alpha value is -1.42. The predicted molar refractivity (Wildman–Crippen MR) is 44.4 cm³/mol. The Balaban J connectivity index is 0.000000213. The van der Waals surface area contributed by atoms with Gasteiger partial charge in [-0.2, -0.15) is 0 Å². The number of hydrogen-bond donors (Lipinski definition) is 0. The second-order valence-corrected chi connectivity index (χ2v) is 1.96. The summed E-state index contributed by atoms with van der Waals surface area (Å²) in [5, 5.41) is 0. The fraction of sp³-hybridized carbons (Fsp3) is 0. The lowest BCUT2D eigenvalue weighted by Gasteiger charge is -1.80. The number of halogens is 1. The number of rotatable bonds is 0. The van der Waals surface area contributed by atoms with E-state index in [2.05, 4.69) is 21.6 Å². The van der Waals surface area contributed by atoms with Gasteiger partial charge < -0.3 is 4.42 Å². The molecule has 0 bridgehead atoms. The van der Waals surface area contributed by atoms with Crippen molar-refractivity contribution in [2.24, 2.45) is 0 Å². The van der Waals surface area contributed by atoms with E-state index >= 15 is 0 Å². The molecule has 0 aliphatic rings. The quantitative estimate of drug-likeness (QED) is 0.461. The molecule has 0 saturated heterocycles. The number of carbonyl (C=O) groups is 1. The Labute approximate surface area is 73.2 Å². The van der Waals surface area contributed by atoms with Crippen molar-refractivity contribution in [2.45, 2.75) is 0 Å². The zero-order valence-corrected chi connectivity index (χ0v) is 6.73. The Bertz CT molecular complexity index is 331. The molecule has 0 aromatic carbocycles. The van der Waals surface area contributed by atoms with Crippen LogP contribution in [0.4, 0.5) is 0 Å². The van der Waals surface area contributed by atoms with Gasteiger partial charge >= 0.3 is 0 Å². The lowest BCUT2D eigenvalue weighted by molar-refractivity contribution is 0.569. The minimum Gasteiger partial charge on any atom is -0.461 e. The predicted octanol–water partition coefficient (Wildman–Crippen LogP) is 1.64. The molecule has 0 aliphatic carbocycles. The zero-order chi connectivity index (χ0) is 8.81. The van der Waals surface area contributed by atoms with Crippen molar-refractivity contribution in [1.82, 2.24) is 9.97 Å². The van der Waals surface area contributed by atoms with Gasteiger partial charge in [-0.3, -0.25) is 4.79 Å². The molecule has 62 valence electrons.